The van der Waals surface area contributed by atoms with Gasteiger partial charge in [0.1, 0.15) is 11.7 Å². The van der Waals surface area contributed by atoms with Gasteiger partial charge in [-0.15, -0.1) is 16.4 Å². The molecule has 1 aromatic carbocycles. The number of aromatic nitrogens is 4. The molecule has 3 heterocycles. The molecule has 1 fully saturated rings. The number of ether oxygens (including phenoxy) is 1. The molecule has 3 aromatic rings. The standard InChI is InChI=1S/C21H21BrN6O5S/c1-2-21(20(31)32)17(33-21)19(30)25-16(7-13-10-34-11-24-13)18(29)23-8-14-9-28(27-26-14)15-5-3-12(22)4-6-15/h3-6,9-11,16-17H,2,7-8H2,1H3,(H,23,29)(H,25,30)(H,31,32)/t16-,17?,21?/m0/s1. The summed E-state index contributed by atoms with van der Waals surface area (Å²) in [5.41, 5.74) is 2.05. The number of halogens is 1. The number of hydrogen-bond donors (Lipinski definition) is 3. The average Bonchev–Trinajstić information content (AvgIpc) is 3.11. The van der Waals surface area contributed by atoms with Crippen molar-refractivity contribution in [2.75, 3.05) is 0 Å². The summed E-state index contributed by atoms with van der Waals surface area (Å²) in [7, 11) is 0. The predicted octanol–water partition coefficient (Wildman–Crippen LogP) is 1.46. The van der Waals surface area contributed by atoms with E-state index in [2.05, 4.69) is 41.9 Å². The Morgan fingerprint density at radius 3 is 2.68 bits per heavy atom. The minimum atomic E-state index is -1.54. The molecule has 2 aromatic heterocycles. The number of epoxide rings is 1. The van der Waals surface area contributed by atoms with Crippen LogP contribution in [-0.2, 0) is 32.1 Å². The van der Waals surface area contributed by atoms with Crippen LogP contribution in [0, 0.1) is 0 Å². The van der Waals surface area contributed by atoms with Crippen LogP contribution < -0.4 is 10.6 Å². The number of amides is 2. The Morgan fingerprint density at radius 2 is 2.06 bits per heavy atom. The zero-order valence-electron chi connectivity index (χ0n) is 18.0. The minimum absolute atomic E-state index is 0.0900. The molecular formula is C21H21BrN6O5S. The number of benzene rings is 1. The Bertz CT molecular complexity index is 1180. The first-order chi connectivity index (χ1) is 16.3. The minimum Gasteiger partial charge on any atom is -0.479 e. The maximum Gasteiger partial charge on any atom is 0.339 e. The first-order valence-corrected chi connectivity index (χ1v) is 12.1. The predicted molar refractivity (Wildman–Crippen MR) is 124 cm³/mol. The first kappa shape index (κ1) is 24.0. The van der Waals surface area contributed by atoms with Gasteiger partial charge in [0.05, 0.1) is 29.6 Å². The van der Waals surface area contributed by atoms with E-state index in [0.717, 1.165) is 10.2 Å². The quantitative estimate of drug-likeness (QED) is 0.322. The zero-order chi connectivity index (χ0) is 24.3. The Hall–Kier alpha value is -3.16. The molecule has 1 aliphatic rings. The van der Waals surface area contributed by atoms with E-state index >= 15 is 0 Å². The molecule has 13 heteroatoms. The number of thiazole rings is 1. The summed E-state index contributed by atoms with van der Waals surface area (Å²) in [6.45, 7) is 1.72. The highest BCUT2D eigenvalue weighted by Gasteiger charge is 2.65. The fourth-order valence-electron chi connectivity index (χ4n) is 3.43. The van der Waals surface area contributed by atoms with Gasteiger partial charge < -0.3 is 20.5 Å². The van der Waals surface area contributed by atoms with Gasteiger partial charge >= 0.3 is 5.97 Å². The molecule has 1 saturated heterocycles. The molecule has 0 aliphatic carbocycles. The molecule has 0 saturated carbocycles. The van der Waals surface area contributed by atoms with Crippen LogP contribution in [0.1, 0.15) is 24.7 Å². The molecule has 34 heavy (non-hydrogen) atoms. The van der Waals surface area contributed by atoms with Crippen LogP contribution in [0.5, 0.6) is 0 Å². The van der Waals surface area contributed by atoms with Crippen molar-refractivity contribution < 1.29 is 24.2 Å². The number of carbonyl (C=O) groups is 3. The van der Waals surface area contributed by atoms with E-state index in [1.807, 2.05) is 24.3 Å². The van der Waals surface area contributed by atoms with Crippen molar-refractivity contribution in [1.82, 2.24) is 30.6 Å². The van der Waals surface area contributed by atoms with Gasteiger partial charge in [-0.05, 0) is 30.7 Å². The van der Waals surface area contributed by atoms with Crippen LogP contribution in [0.3, 0.4) is 0 Å². The number of nitrogens with one attached hydrogen (secondary N) is 2. The van der Waals surface area contributed by atoms with Crippen molar-refractivity contribution in [3.63, 3.8) is 0 Å². The van der Waals surface area contributed by atoms with Gasteiger partial charge in [0.25, 0.3) is 5.91 Å². The summed E-state index contributed by atoms with van der Waals surface area (Å²) in [5, 5.41) is 24.7. The second-order valence-electron chi connectivity index (χ2n) is 7.64. The lowest BCUT2D eigenvalue weighted by Crippen LogP contribution is -2.50. The van der Waals surface area contributed by atoms with Gasteiger partial charge in [-0.25, -0.2) is 14.5 Å². The van der Waals surface area contributed by atoms with E-state index in [-0.39, 0.29) is 19.4 Å². The monoisotopic (exact) mass is 548 g/mol. The Kier molecular flexibility index (Phi) is 7.05. The van der Waals surface area contributed by atoms with Gasteiger partial charge in [0.2, 0.25) is 11.5 Å². The summed E-state index contributed by atoms with van der Waals surface area (Å²) in [6.07, 6.45) is 0.826. The van der Waals surface area contributed by atoms with Crippen molar-refractivity contribution in [2.24, 2.45) is 0 Å². The van der Waals surface area contributed by atoms with Crippen molar-refractivity contribution in [2.45, 2.75) is 44.1 Å². The van der Waals surface area contributed by atoms with Gasteiger partial charge in [-0.2, -0.15) is 0 Å². The van der Waals surface area contributed by atoms with Crippen LogP contribution in [0.25, 0.3) is 5.69 Å². The third kappa shape index (κ3) is 5.16. The maximum absolute atomic E-state index is 12.9. The number of carboxylic acids is 1. The molecule has 0 bridgehead atoms. The van der Waals surface area contributed by atoms with Crippen LogP contribution in [0.15, 0.2) is 45.8 Å². The summed E-state index contributed by atoms with van der Waals surface area (Å²) < 4.78 is 7.72. The van der Waals surface area contributed by atoms with E-state index in [4.69, 9.17) is 4.74 Å². The van der Waals surface area contributed by atoms with E-state index in [1.54, 1.807) is 28.7 Å². The molecule has 0 radical (unpaired) electrons. The number of carbonyl (C=O) groups excluding carboxylic acids is 2. The Morgan fingerprint density at radius 1 is 1.29 bits per heavy atom. The highest BCUT2D eigenvalue weighted by molar-refractivity contribution is 9.10. The fourth-order valence-corrected chi connectivity index (χ4v) is 4.26. The molecule has 178 valence electrons. The lowest BCUT2D eigenvalue weighted by molar-refractivity contribution is -0.143. The molecule has 2 amide bonds. The molecule has 11 nitrogen and oxygen atoms in total. The number of hydrogen-bond acceptors (Lipinski definition) is 8. The Balaban J connectivity index is 1.40. The largest absolute Gasteiger partial charge is 0.479 e. The molecule has 3 N–H and O–H groups in total. The SMILES string of the molecule is CCC1(C(=O)O)OC1C(=O)N[C@@H](Cc1cscn1)C(=O)NCc1cn(-c2ccc(Br)cc2)nn1. The van der Waals surface area contributed by atoms with Crippen molar-refractivity contribution in [3.8, 4) is 5.69 Å². The van der Waals surface area contributed by atoms with Gasteiger partial charge in [0, 0.05) is 16.3 Å². The molecule has 1 aliphatic heterocycles. The van der Waals surface area contributed by atoms with Gasteiger partial charge in [-0.3, -0.25) is 9.59 Å². The third-order valence-electron chi connectivity index (χ3n) is 5.43. The smallest absolute Gasteiger partial charge is 0.339 e. The highest BCUT2D eigenvalue weighted by atomic mass is 79.9. The normalized spacial score (nSPS) is 19.9. The number of aliphatic carboxylic acids is 1. The first-order valence-electron chi connectivity index (χ1n) is 10.4. The van der Waals surface area contributed by atoms with Crippen LogP contribution >= 0.6 is 27.3 Å². The molecule has 2 unspecified atom stereocenters. The lowest BCUT2D eigenvalue weighted by atomic mass is 10.0. The van der Waals surface area contributed by atoms with Crippen molar-refractivity contribution in [3.05, 3.63) is 57.2 Å². The Labute approximate surface area is 206 Å². The molecule has 0 spiro atoms. The number of carboxylic acid groups (broad SMARTS) is 1. The average molecular weight is 549 g/mol. The second kappa shape index (κ2) is 9.99. The lowest BCUT2D eigenvalue weighted by Gasteiger charge is -2.17. The van der Waals surface area contributed by atoms with Crippen molar-refractivity contribution >= 4 is 45.1 Å². The summed E-state index contributed by atoms with van der Waals surface area (Å²) >= 11 is 4.75. The van der Waals surface area contributed by atoms with E-state index in [0.29, 0.717) is 11.4 Å². The number of nitrogens with zero attached hydrogens (tertiary/aromatic N) is 4. The second-order valence-corrected chi connectivity index (χ2v) is 9.27. The summed E-state index contributed by atoms with van der Waals surface area (Å²) in [6, 6.07) is 6.53. The maximum atomic E-state index is 12.9. The number of rotatable bonds is 10. The van der Waals surface area contributed by atoms with Crippen LogP contribution in [-0.4, -0.2) is 60.6 Å². The van der Waals surface area contributed by atoms with Gasteiger partial charge in [-0.1, -0.05) is 28.1 Å². The summed E-state index contributed by atoms with van der Waals surface area (Å²) in [5.74, 6) is -2.32. The topological polar surface area (TPSA) is 152 Å². The van der Waals surface area contributed by atoms with E-state index in [1.165, 1.54) is 11.3 Å². The molecule has 4 rings (SSSR count). The third-order valence-corrected chi connectivity index (χ3v) is 6.59. The zero-order valence-corrected chi connectivity index (χ0v) is 20.4. The molecule has 3 atom stereocenters. The van der Waals surface area contributed by atoms with Crippen LogP contribution in [0.4, 0.5) is 0 Å². The highest BCUT2D eigenvalue weighted by Crippen LogP contribution is 2.40. The molecular weight excluding hydrogens is 528 g/mol. The van der Waals surface area contributed by atoms with Crippen LogP contribution in [0.2, 0.25) is 0 Å². The van der Waals surface area contributed by atoms with Gasteiger partial charge in [0.15, 0.2) is 6.10 Å². The van der Waals surface area contributed by atoms with Crippen molar-refractivity contribution in [1.29, 1.82) is 0 Å². The fraction of sp³-hybridized carbons (Fsp3) is 0.333. The van der Waals surface area contributed by atoms with E-state index in [9.17, 15) is 19.5 Å². The van der Waals surface area contributed by atoms with E-state index < -0.39 is 35.5 Å². The summed E-state index contributed by atoms with van der Waals surface area (Å²) in [4.78, 5) is 41.2.